The van der Waals surface area contributed by atoms with Crippen LogP contribution in [0.25, 0.3) is 0 Å². The van der Waals surface area contributed by atoms with Crippen LogP contribution in [0.1, 0.15) is 11.1 Å². The average molecular weight is 283 g/mol. The third kappa shape index (κ3) is 4.00. The Balaban J connectivity index is 1.79. The molecule has 94 valence electrons. The Labute approximate surface area is 116 Å². The van der Waals surface area contributed by atoms with Crippen molar-refractivity contribution in [2.45, 2.75) is 13.2 Å². The third-order valence-electron chi connectivity index (χ3n) is 2.38. The molecule has 2 aromatic rings. The van der Waals surface area contributed by atoms with Crippen LogP contribution in [-0.4, -0.2) is 0 Å². The summed E-state index contributed by atoms with van der Waals surface area (Å²) in [5.74, 6) is 0. The number of benzene rings is 2. The van der Waals surface area contributed by atoms with E-state index in [-0.39, 0.29) is 0 Å². The molecular weight excluding hydrogens is 271 g/mol. The topological polar surface area (TPSA) is 18.5 Å². The van der Waals surface area contributed by atoms with E-state index in [4.69, 9.17) is 33.0 Å². The molecule has 0 saturated carbocycles. The smallest absolute Gasteiger partial charge is 0.109 e. The molecule has 18 heavy (non-hydrogen) atoms. The molecule has 0 heterocycles. The van der Waals surface area contributed by atoms with Gasteiger partial charge in [-0.2, -0.15) is 0 Å². The van der Waals surface area contributed by atoms with Crippen molar-refractivity contribution in [2.24, 2.45) is 0 Å². The van der Waals surface area contributed by atoms with Crippen LogP contribution in [0.2, 0.25) is 10.0 Å². The fourth-order valence-corrected chi connectivity index (χ4v) is 1.89. The van der Waals surface area contributed by atoms with Crippen molar-refractivity contribution in [3.8, 4) is 0 Å². The highest BCUT2D eigenvalue weighted by molar-refractivity contribution is 6.35. The SMILES string of the molecule is Clc1ccc(COOCc2ccccc2)c(Cl)c1. The van der Waals surface area contributed by atoms with Gasteiger partial charge in [-0.1, -0.05) is 59.6 Å². The summed E-state index contributed by atoms with van der Waals surface area (Å²) in [5, 5.41) is 1.18. The van der Waals surface area contributed by atoms with Crippen molar-refractivity contribution in [3.05, 3.63) is 69.7 Å². The first-order chi connectivity index (χ1) is 8.75. The third-order valence-corrected chi connectivity index (χ3v) is 2.97. The summed E-state index contributed by atoms with van der Waals surface area (Å²) in [7, 11) is 0. The Morgan fingerprint density at radius 1 is 0.833 bits per heavy atom. The average Bonchev–Trinajstić information content (AvgIpc) is 2.38. The van der Waals surface area contributed by atoms with Gasteiger partial charge in [-0.3, -0.25) is 0 Å². The highest BCUT2D eigenvalue weighted by Crippen LogP contribution is 2.21. The van der Waals surface area contributed by atoms with E-state index in [1.807, 2.05) is 36.4 Å². The van der Waals surface area contributed by atoms with Crippen molar-refractivity contribution >= 4 is 23.2 Å². The molecule has 0 unspecified atom stereocenters. The number of rotatable bonds is 5. The van der Waals surface area contributed by atoms with Crippen LogP contribution in [0.15, 0.2) is 48.5 Å². The van der Waals surface area contributed by atoms with Crippen molar-refractivity contribution in [2.75, 3.05) is 0 Å². The van der Waals surface area contributed by atoms with Gasteiger partial charge < -0.3 is 0 Å². The van der Waals surface area contributed by atoms with E-state index in [0.29, 0.717) is 23.3 Å². The largest absolute Gasteiger partial charge is 0.232 e. The monoisotopic (exact) mass is 282 g/mol. The fourth-order valence-electron chi connectivity index (χ4n) is 1.43. The molecule has 0 amide bonds. The van der Waals surface area contributed by atoms with Gasteiger partial charge in [0.1, 0.15) is 13.2 Å². The number of hydrogen-bond acceptors (Lipinski definition) is 2. The lowest BCUT2D eigenvalue weighted by Gasteiger charge is -2.06. The van der Waals surface area contributed by atoms with Crippen molar-refractivity contribution in [1.82, 2.24) is 0 Å². The summed E-state index contributed by atoms with van der Waals surface area (Å²) in [6.07, 6.45) is 0. The second kappa shape index (κ2) is 6.76. The molecule has 0 aromatic heterocycles. The maximum Gasteiger partial charge on any atom is 0.109 e. The van der Waals surface area contributed by atoms with Gasteiger partial charge >= 0.3 is 0 Å². The van der Waals surface area contributed by atoms with Gasteiger partial charge in [0.15, 0.2) is 0 Å². The molecule has 0 saturated heterocycles. The van der Waals surface area contributed by atoms with Crippen LogP contribution in [0.3, 0.4) is 0 Å². The molecule has 0 bridgehead atoms. The summed E-state index contributed by atoms with van der Waals surface area (Å²) in [6.45, 7) is 0.703. The van der Waals surface area contributed by atoms with E-state index in [9.17, 15) is 0 Å². The second-order valence-corrected chi connectivity index (χ2v) is 4.59. The van der Waals surface area contributed by atoms with E-state index in [1.54, 1.807) is 12.1 Å². The van der Waals surface area contributed by atoms with Gasteiger partial charge in [0.25, 0.3) is 0 Å². The summed E-state index contributed by atoms with van der Waals surface area (Å²) in [4.78, 5) is 10.2. The molecule has 2 aromatic carbocycles. The maximum absolute atomic E-state index is 6.01. The first-order valence-electron chi connectivity index (χ1n) is 5.48. The van der Waals surface area contributed by atoms with Gasteiger partial charge in [0.05, 0.1) is 0 Å². The minimum absolute atomic E-state index is 0.294. The summed E-state index contributed by atoms with van der Waals surface area (Å²) in [6, 6.07) is 15.1. The lowest BCUT2D eigenvalue weighted by atomic mass is 10.2. The van der Waals surface area contributed by atoms with Crippen LogP contribution in [0, 0.1) is 0 Å². The molecule has 0 atom stereocenters. The minimum atomic E-state index is 0.294. The highest BCUT2D eigenvalue weighted by Gasteiger charge is 2.02. The molecule has 4 heteroatoms. The first-order valence-corrected chi connectivity index (χ1v) is 6.23. The molecule has 0 aliphatic rings. The van der Waals surface area contributed by atoms with Crippen LogP contribution in [0.4, 0.5) is 0 Å². The Morgan fingerprint density at radius 2 is 1.56 bits per heavy atom. The first kappa shape index (κ1) is 13.4. The molecule has 2 rings (SSSR count). The molecule has 0 radical (unpaired) electrons. The number of hydrogen-bond donors (Lipinski definition) is 0. The van der Waals surface area contributed by atoms with Gasteiger partial charge in [-0.05, 0) is 23.3 Å². The summed E-state index contributed by atoms with van der Waals surface area (Å²) >= 11 is 11.8. The van der Waals surface area contributed by atoms with E-state index < -0.39 is 0 Å². The van der Waals surface area contributed by atoms with Gasteiger partial charge in [0.2, 0.25) is 0 Å². The van der Waals surface area contributed by atoms with Crippen molar-refractivity contribution in [1.29, 1.82) is 0 Å². The number of halogens is 2. The predicted octanol–water partition coefficient (Wildman–Crippen LogP) is 4.64. The highest BCUT2D eigenvalue weighted by atomic mass is 35.5. The maximum atomic E-state index is 6.01. The van der Waals surface area contributed by atoms with Gasteiger partial charge in [-0.25, -0.2) is 9.78 Å². The minimum Gasteiger partial charge on any atom is -0.232 e. The van der Waals surface area contributed by atoms with E-state index in [0.717, 1.165) is 11.1 Å². The quantitative estimate of drug-likeness (QED) is 0.452. The normalized spacial score (nSPS) is 10.6. The van der Waals surface area contributed by atoms with Gasteiger partial charge in [-0.15, -0.1) is 0 Å². The summed E-state index contributed by atoms with van der Waals surface area (Å²) < 4.78 is 0. The fraction of sp³-hybridized carbons (Fsp3) is 0.143. The van der Waals surface area contributed by atoms with E-state index in [2.05, 4.69) is 0 Å². The lowest BCUT2D eigenvalue weighted by Crippen LogP contribution is -1.96. The standard InChI is InChI=1S/C14H12Cl2O2/c15-13-7-6-12(14(16)8-13)10-18-17-9-11-4-2-1-3-5-11/h1-8H,9-10H2. The van der Waals surface area contributed by atoms with Gasteiger partial charge in [0, 0.05) is 10.0 Å². The van der Waals surface area contributed by atoms with Crippen LogP contribution in [-0.2, 0) is 23.0 Å². The summed E-state index contributed by atoms with van der Waals surface area (Å²) in [5.41, 5.74) is 1.90. The molecule has 0 spiro atoms. The zero-order chi connectivity index (χ0) is 12.8. The van der Waals surface area contributed by atoms with E-state index >= 15 is 0 Å². The van der Waals surface area contributed by atoms with Crippen LogP contribution in [0.5, 0.6) is 0 Å². The second-order valence-electron chi connectivity index (χ2n) is 3.75. The predicted molar refractivity (Wildman–Crippen MR) is 72.5 cm³/mol. The molecule has 0 aliphatic carbocycles. The molecule has 0 aliphatic heterocycles. The van der Waals surface area contributed by atoms with Crippen LogP contribution >= 0.6 is 23.2 Å². The Morgan fingerprint density at radius 3 is 2.28 bits per heavy atom. The Hall–Kier alpha value is -1.06. The van der Waals surface area contributed by atoms with Crippen molar-refractivity contribution < 1.29 is 9.78 Å². The molecule has 0 fully saturated rings. The van der Waals surface area contributed by atoms with E-state index in [1.165, 1.54) is 0 Å². The van der Waals surface area contributed by atoms with Crippen molar-refractivity contribution in [3.63, 3.8) is 0 Å². The van der Waals surface area contributed by atoms with Crippen LogP contribution < -0.4 is 0 Å². The Bertz CT molecular complexity index is 500. The Kier molecular flexibility index (Phi) is 5.02. The lowest BCUT2D eigenvalue weighted by molar-refractivity contribution is -0.313. The molecule has 0 N–H and O–H groups in total. The zero-order valence-corrected chi connectivity index (χ0v) is 11.1. The zero-order valence-electron chi connectivity index (χ0n) is 9.61. The molecular formula is C14H12Cl2O2. The molecule has 2 nitrogen and oxygen atoms in total.